The van der Waals surface area contributed by atoms with E-state index in [0.717, 1.165) is 33.1 Å². The summed E-state index contributed by atoms with van der Waals surface area (Å²) in [6.07, 6.45) is 0. The van der Waals surface area contributed by atoms with Crippen molar-refractivity contribution in [1.29, 1.82) is 0 Å². The lowest BCUT2D eigenvalue weighted by Crippen LogP contribution is -1.85. The maximum Gasteiger partial charge on any atom is 0.201 e. The summed E-state index contributed by atoms with van der Waals surface area (Å²) in [5.74, 6) is 0. The van der Waals surface area contributed by atoms with E-state index in [-0.39, 0.29) is 8.67 Å². The van der Waals surface area contributed by atoms with E-state index in [2.05, 4.69) is 74.5 Å². The van der Waals surface area contributed by atoms with Gasteiger partial charge in [-0.25, -0.2) is 0 Å². The summed E-state index contributed by atoms with van der Waals surface area (Å²) >= 11 is 0. The van der Waals surface area contributed by atoms with E-state index in [1.165, 1.54) is 21.5 Å². The zero-order valence-corrected chi connectivity index (χ0v) is 15.1. The first-order chi connectivity index (χ1) is 12.2. The predicted octanol–water partition coefficient (Wildman–Crippen LogP) is 7.26. The molecule has 0 saturated heterocycles. The highest BCUT2D eigenvalue weighted by molar-refractivity contribution is 7.15. The molecule has 2 nitrogen and oxygen atoms in total. The Labute approximate surface area is 146 Å². The Morgan fingerprint density at radius 2 is 1.08 bits per heavy atom. The molecule has 0 aliphatic rings. The Morgan fingerprint density at radius 3 is 1.56 bits per heavy atom. The zero-order chi connectivity index (χ0) is 17.0. The molecule has 0 fully saturated rings. The molecule has 0 saturated carbocycles. The first-order valence-electron chi connectivity index (χ1n) is 8.38. The van der Waals surface area contributed by atoms with Crippen LogP contribution in [0.15, 0.2) is 69.1 Å². The minimum atomic E-state index is -0.0362. The summed E-state index contributed by atoms with van der Waals surface area (Å²) in [6.45, 7) is 4.22. The Kier molecular flexibility index (Phi) is 3.16. The largest absolute Gasteiger partial charge is 0.421 e. The molecule has 0 spiro atoms. The van der Waals surface area contributed by atoms with Gasteiger partial charge in [0.2, 0.25) is 8.67 Å². The first-order valence-corrected chi connectivity index (χ1v) is 9.19. The third-order valence-electron chi connectivity index (χ3n) is 4.91. The maximum atomic E-state index is 6.08. The average Bonchev–Trinajstić information content (AvgIpc) is 2.83. The third-order valence-corrected chi connectivity index (χ3v) is 5.49. The van der Waals surface area contributed by atoms with E-state index < -0.39 is 0 Å². The third kappa shape index (κ3) is 2.11. The Morgan fingerprint density at radius 1 is 0.640 bits per heavy atom. The van der Waals surface area contributed by atoms with Crippen LogP contribution in [0.2, 0.25) is 0 Å². The summed E-state index contributed by atoms with van der Waals surface area (Å²) in [4.78, 5) is 0. The molecule has 5 rings (SSSR count). The lowest BCUT2D eigenvalue weighted by Gasteiger charge is -2.08. The van der Waals surface area contributed by atoms with Crippen LogP contribution in [0, 0.1) is 13.8 Å². The van der Waals surface area contributed by atoms with Gasteiger partial charge in [0.05, 0.1) is 0 Å². The van der Waals surface area contributed by atoms with Gasteiger partial charge >= 0.3 is 0 Å². The molecule has 0 radical (unpaired) electrons. The van der Waals surface area contributed by atoms with Crippen LogP contribution >= 0.6 is 8.67 Å². The summed E-state index contributed by atoms with van der Waals surface area (Å²) < 4.78 is 12.2. The van der Waals surface area contributed by atoms with Crippen molar-refractivity contribution in [2.75, 3.05) is 0 Å². The maximum absolute atomic E-state index is 6.08. The summed E-state index contributed by atoms with van der Waals surface area (Å²) in [7, 11) is -0.0362. The van der Waals surface area contributed by atoms with Gasteiger partial charge in [-0.2, -0.15) is 0 Å². The highest BCUT2D eigenvalue weighted by atomic mass is 31.1. The van der Waals surface area contributed by atoms with Gasteiger partial charge < -0.3 is 8.39 Å². The second-order valence-corrected chi connectivity index (χ2v) is 7.10. The van der Waals surface area contributed by atoms with E-state index >= 15 is 0 Å². The molecule has 3 heteroatoms. The van der Waals surface area contributed by atoms with Crippen molar-refractivity contribution in [2.24, 2.45) is 0 Å². The Bertz CT molecular complexity index is 1210. The molecule has 4 aromatic carbocycles. The van der Waals surface area contributed by atoms with Crippen molar-refractivity contribution in [1.82, 2.24) is 0 Å². The molecule has 0 atom stereocenters. The van der Waals surface area contributed by atoms with Crippen LogP contribution in [0.5, 0.6) is 0 Å². The number of hydrogen-bond donors (Lipinski definition) is 0. The highest BCUT2D eigenvalue weighted by Gasteiger charge is 2.14. The lowest BCUT2D eigenvalue weighted by atomic mass is 9.95. The Balaban J connectivity index is 2.26. The quantitative estimate of drug-likeness (QED) is 0.295. The predicted molar refractivity (Wildman–Crippen MR) is 108 cm³/mol. The molecule has 1 aromatic heterocycles. The fourth-order valence-corrected chi connectivity index (χ4v) is 4.54. The van der Waals surface area contributed by atoms with Crippen LogP contribution in [-0.2, 0) is 0 Å². The summed E-state index contributed by atoms with van der Waals surface area (Å²) in [6, 6.07) is 21.4. The number of hydrogen-bond acceptors (Lipinski definition) is 2. The number of fused-ring (bicyclic) bond motifs is 7. The normalized spacial score (nSPS) is 11.6. The molecule has 122 valence electrons. The molecule has 1 heterocycles. The SMILES string of the molecule is Cc1cc2ccccc2c2c1o[pH]oc1c(C)cc3ccccc3c12. The van der Waals surface area contributed by atoms with E-state index in [9.17, 15) is 0 Å². The highest BCUT2D eigenvalue weighted by Crippen LogP contribution is 2.39. The van der Waals surface area contributed by atoms with Crippen molar-refractivity contribution in [3.05, 3.63) is 71.8 Å². The van der Waals surface area contributed by atoms with Crippen LogP contribution < -0.4 is 0 Å². The van der Waals surface area contributed by atoms with E-state index in [0.29, 0.717) is 0 Å². The van der Waals surface area contributed by atoms with E-state index in [1.54, 1.807) is 0 Å². The molecule has 0 unspecified atom stereocenters. The van der Waals surface area contributed by atoms with Gasteiger partial charge in [0.15, 0.2) is 0 Å². The lowest BCUT2D eigenvalue weighted by molar-refractivity contribution is 0.660. The van der Waals surface area contributed by atoms with Crippen LogP contribution in [-0.4, -0.2) is 0 Å². The van der Waals surface area contributed by atoms with Crippen molar-refractivity contribution in [3.8, 4) is 0 Å². The molecule has 0 aliphatic carbocycles. The standard InChI is InChI=1S/C22H17O2P/c1-13-11-15-7-3-5-9-17(15)19-20-18-10-6-4-8-16(18)12-14(2)22(20)24-25-23-21(13)19/h3-12,25H,1-2H3. The summed E-state index contributed by atoms with van der Waals surface area (Å²) in [5.41, 5.74) is 4.16. The molecule has 0 N–H and O–H groups in total. The van der Waals surface area contributed by atoms with Crippen molar-refractivity contribution in [3.63, 3.8) is 0 Å². The molecular weight excluding hydrogens is 327 g/mol. The van der Waals surface area contributed by atoms with E-state index in [4.69, 9.17) is 8.39 Å². The van der Waals surface area contributed by atoms with Gasteiger partial charge in [-0.15, -0.1) is 0 Å². The van der Waals surface area contributed by atoms with E-state index in [1.807, 2.05) is 0 Å². The van der Waals surface area contributed by atoms with Crippen LogP contribution in [0.3, 0.4) is 0 Å². The second kappa shape index (κ2) is 5.40. The number of aryl methyl sites for hydroxylation is 2. The van der Waals surface area contributed by atoms with Gasteiger partial charge in [0.25, 0.3) is 0 Å². The average molecular weight is 344 g/mol. The minimum Gasteiger partial charge on any atom is -0.421 e. The minimum absolute atomic E-state index is 0.0362. The van der Waals surface area contributed by atoms with Crippen LogP contribution in [0.25, 0.3) is 43.5 Å². The molecule has 0 bridgehead atoms. The molecule has 5 aromatic rings. The monoisotopic (exact) mass is 344 g/mol. The van der Waals surface area contributed by atoms with Gasteiger partial charge in [0.1, 0.15) is 11.2 Å². The van der Waals surface area contributed by atoms with Gasteiger partial charge in [0, 0.05) is 10.8 Å². The number of rotatable bonds is 0. The number of benzene rings is 4. The topological polar surface area (TPSA) is 26.3 Å². The molecular formula is C22H17O2P. The second-order valence-electron chi connectivity index (χ2n) is 6.52. The van der Waals surface area contributed by atoms with Crippen molar-refractivity contribution < 1.29 is 8.39 Å². The fourth-order valence-electron chi connectivity index (χ4n) is 3.80. The smallest absolute Gasteiger partial charge is 0.201 e. The molecule has 0 amide bonds. The van der Waals surface area contributed by atoms with Gasteiger partial charge in [-0.1, -0.05) is 48.5 Å². The van der Waals surface area contributed by atoms with Crippen LogP contribution in [0.4, 0.5) is 0 Å². The zero-order valence-electron chi connectivity index (χ0n) is 14.1. The van der Waals surface area contributed by atoms with Crippen LogP contribution in [0.1, 0.15) is 11.1 Å². The Hall–Kier alpha value is -2.70. The van der Waals surface area contributed by atoms with Gasteiger partial charge in [-0.3, -0.25) is 0 Å². The molecule has 25 heavy (non-hydrogen) atoms. The molecule has 0 aliphatic heterocycles. The van der Waals surface area contributed by atoms with Gasteiger partial charge in [-0.05, 0) is 58.7 Å². The van der Waals surface area contributed by atoms with Crippen molar-refractivity contribution >= 4 is 52.2 Å². The van der Waals surface area contributed by atoms with Crippen molar-refractivity contribution in [2.45, 2.75) is 13.8 Å². The fraction of sp³-hybridized carbons (Fsp3) is 0.0909. The first kappa shape index (κ1) is 14.6. The summed E-state index contributed by atoms with van der Waals surface area (Å²) in [5, 5.41) is 7.16.